The monoisotopic (exact) mass is 376 g/mol. The molecule has 0 saturated carbocycles. The maximum atomic E-state index is 12.7. The molecule has 1 aliphatic heterocycles. The Morgan fingerprint density at radius 2 is 1.96 bits per heavy atom. The number of hydrogen-bond donors (Lipinski definition) is 1. The van der Waals surface area contributed by atoms with E-state index in [1.54, 1.807) is 12.3 Å². The normalized spacial score (nSPS) is 16.7. The van der Waals surface area contributed by atoms with Gasteiger partial charge < -0.3 is 14.8 Å². The highest BCUT2D eigenvalue weighted by molar-refractivity contribution is 6.29. The van der Waals surface area contributed by atoms with Crippen molar-refractivity contribution < 1.29 is 4.79 Å². The molecule has 0 aromatic carbocycles. The fourth-order valence-electron chi connectivity index (χ4n) is 3.28. The third-order valence-electron chi connectivity index (χ3n) is 4.79. The van der Waals surface area contributed by atoms with Gasteiger partial charge in [-0.2, -0.15) is 0 Å². The van der Waals surface area contributed by atoms with Gasteiger partial charge in [-0.25, -0.2) is 4.98 Å². The first-order chi connectivity index (χ1) is 12.5. The highest BCUT2D eigenvalue weighted by Crippen LogP contribution is 2.20. The van der Waals surface area contributed by atoms with Gasteiger partial charge >= 0.3 is 0 Å². The highest BCUT2D eigenvalue weighted by atomic mass is 35.5. The maximum absolute atomic E-state index is 12.7. The fourth-order valence-corrected chi connectivity index (χ4v) is 3.38. The Balaban J connectivity index is 1.54. The number of carbonyl (C=O) groups is 1. The zero-order chi connectivity index (χ0) is 18.7. The number of carbonyl (C=O) groups excluding carboxylic acids is 1. The molecular formula is C18H25ClN6O. The van der Waals surface area contributed by atoms with Crippen molar-refractivity contribution in [2.24, 2.45) is 0 Å². The quantitative estimate of drug-likeness (QED) is 0.868. The lowest BCUT2D eigenvalue weighted by molar-refractivity contribution is -0.124. The zero-order valence-electron chi connectivity index (χ0n) is 15.4. The number of piperidine rings is 1. The standard InChI is InChI=1S/C18H25ClN6O/c1-12(2)17-20-8-11-25(17)13(3)18(26)21-14-6-9-24(10-7-14)16-5-4-15(19)22-23-16/h4-5,8,11-14H,6-7,9-10H2,1-3H3,(H,21,26). The molecule has 0 radical (unpaired) electrons. The zero-order valence-corrected chi connectivity index (χ0v) is 16.1. The van der Waals surface area contributed by atoms with Gasteiger partial charge in [-0.15, -0.1) is 10.2 Å². The molecule has 0 aliphatic carbocycles. The summed E-state index contributed by atoms with van der Waals surface area (Å²) in [6.45, 7) is 7.74. The van der Waals surface area contributed by atoms with Crippen molar-refractivity contribution in [2.45, 2.75) is 51.6 Å². The molecule has 140 valence electrons. The van der Waals surface area contributed by atoms with Crippen LogP contribution in [-0.4, -0.2) is 44.8 Å². The van der Waals surface area contributed by atoms with Gasteiger partial charge in [0.15, 0.2) is 11.0 Å². The summed E-state index contributed by atoms with van der Waals surface area (Å²) in [4.78, 5) is 19.2. The Hall–Kier alpha value is -2.15. The average molecular weight is 377 g/mol. The molecular weight excluding hydrogens is 352 g/mol. The first-order valence-corrected chi connectivity index (χ1v) is 9.40. The van der Waals surface area contributed by atoms with Gasteiger partial charge in [0.1, 0.15) is 11.9 Å². The lowest BCUT2D eigenvalue weighted by atomic mass is 10.0. The van der Waals surface area contributed by atoms with E-state index in [9.17, 15) is 4.79 Å². The van der Waals surface area contributed by atoms with Gasteiger partial charge in [0.25, 0.3) is 0 Å². The Morgan fingerprint density at radius 3 is 2.58 bits per heavy atom. The van der Waals surface area contributed by atoms with E-state index >= 15 is 0 Å². The van der Waals surface area contributed by atoms with Crippen LogP contribution in [0.3, 0.4) is 0 Å². The van der Waals surface area contributed by atoms with Gasteiger partial charge in [-0.1, -0.05) is 25.4 Å². The number of imidazole rings is 1. The molecule has 1 amide bonds. The van der Waals surface area contributed by atoms with Crippen LogP contribution in [0.5, 0.6) is 0 Å². The molecule has 0 spiro atoms. The van der Waals surface area contributed by atoms with Crippen LogP contribution in [0.4, 0.5) is 5.82 Å². The topological polar surface area (TPSA) is 75.9 Å². The molecule has 8 heteroatoms. The highest BCUT2D eigenvalue weighted by Gasteiger charge is 2.25. The number of hydrogen-bond acceptors (Lipinski definition) is 5. The van der Waals surface area contributed by atoms with Crippen molar-refractivity contribution in [3.63, 3.8) is 0 Å². The number of halogens is 1. The molecule has 1 N–H and O–H groups in total. The lowest BCUT2D eigenvalue weighted by Crippen LogP contribution is -2.46. The third kappa shape index (κ3) is 4.15. The van der Waals surface area contributed by atoms with Crippen LogP contribution in [0.15, 0.2) is 24.5 Å². The summed E-state index contributed by atoms with van der Waals surface area (Å²) < 4.78 is 1.96. The summed E-state index contributed by atoms with van der Waals surface area (Å²) in [7, 11) is 0. The van der Waals surface area contributed by atoms with Crippen LogP contribution < -0.4 is 10.2 Å². The number of nitrogens with zero attached hydrogens (tertiary/aromatic N) is 5. The van der Waals surface area contributed by atoms with Crippen molar-refractivity contribution in [1.29, 1.82) is 0 Å². The van der Waals surface area contributed by atoms with E-state index in [0.717, 1.165) is 37.6 Å². The smallest absolute Gasteiger partial charge is 0.243 e. The van der Waals surface area contributed by atoms with Gasteiger partial charge in [-0.3, -0.25) is 4.79 Å². The molecule has 1 unspecified atom stereocenters. The second kappa shape index (κ2) is 8.03. The number of rotatable bonds is 5. The minimum absolute atomic E-state index is 0.0367. The average Bonchev–Trinajstić information content (AvgIpc) is 3.12. The summed E-state index contributed by atoms with van der Waals surface area (Å²) >= 11 is 5.79. The predicted molar refractivity (Wildman–Crippen MR) is 101 cm³/mol. The van der Waals surface area contributed by atoms with E-state index in [-0.39, 0.29) is 23.9 Å². The Labute approximate surface area is 158 Å². The van der Waals surface area contributed by atoms with Crippen molar-refractivity contribution in [3.8, 4) is 0 Å². The Morgan fingerprint density at radius 1 is 1.23 bits per heavy atom. The summed E-state index contributed by atoms with van der Waals surface area (Å²) in [5, 5.41) is 11.6. The molecule has 1 aliphatic rings. The van der Waals surface area contributed by atoms with E-state index in [1.165, 1.54) is 0 Å². The molecule has 7 nitrogen and oxygen atoms in total. The van der Waals surface area contributed by atoms with Crippen molar-refractivity contribution in [3.05, 3.63) is 35.5 Å². The third-order valence-corrected chi connectivity index (χ3v) is 5.00. The van der Waals surface area contributed by atoms with Crippen LogP contribution in [0.2, 0.25) is 5.15 Å². The van der Waals surface area contributed by atoms with Crippen LogP contribution in [0.25, 0.3) is 0 Å². The summed E-state index contributed by atoms with van der Waals surface area (Å²) in [5.74, 6) is 2.08. The first kappa shape index (κ1) is 18.6. The molecule has 3 heterocycles. The minimum Gasteiger partial charge on any atom is -0.355 e. The van der Waals surface area contributed by atoms with E-state index in [4.69, 9.17) is 11.6 Å². The minimum atomic E-state index is -0.268. The molecule has 0 bridgehead atoms. The fraction of sp³-hybridized carbons (Fsp3) is 0.556. The van der Waals surface area contributed by atoms with Gasteiger partial charge in [0.2, 0.25) is 5.91 Å². The van der Waals surface area contributed by atoms with E-state index in [2.05, 4.69) is 39.2 Å². The van der Waals surface area contributed by atoms with Gasteiger partial charge in [-0.05, 0) is 31.9 Å². The summed E-state index contributed by atoms with van der Waals surface area (Å²) in [6, 6.07) is 3.53. The molecule has 2 aromatic rings. The Bertz CT molecular complexity index is 736. The predicted octanol–water partition coefficient (Wildman–Crippen LogP) is 2.80. The van der Waals surface area contributed by atoms with Crippen molar-refractivity contribution in [2.75, 3.05) is 18.0 Å². The van der Waals surface area contributed by atoms with Crippen LogP contribution in [0, 0.1) is 0 Å². The van der Waals surface area contributed by atoms with E-state index in [0.29, 0.717) is 5.15 Å². The van der Waals surface area contributed by atoms with Crippen molar-refractivity contribution in [1.82, 2.24) is 25.1 Å². The van der Waals surface area contributed by atoms with Gasteiger partial charge in [0.05, 0.1) is 0 Å². The lowest BCUT2D eigenvalue weighted by Gasteiger charge is -2.33. The van der Waals surface area contributed by atoms with Crippen molar-refractivity contribution >= 4 is 23.3 Å². The SMILES string of the molecule is CC(C)c1nccn1C(C)C(=O)NC1CCN(c2ccc(Cl)nn2)CC1. The number of aromatic nitrogens is 4. The van der Waals surface area contributed by atoms with Crippen LogP contribution in [0.1, 0.15) is 51.4 Å². The molecule has 2 aromatic heterocycles. The largest absolute Gasteiger partial charge is 0.355 e. The summed E-state index contributed by atoms with van der Waals surface area (Å²) in [5.41, 5.74) is 0. The van der Waals surface area contributed by atoms with Crippen LogP contribution in [-0.2, 0) is 4.79 Å². The van der Waals surface area contributed by atoms with E-state index < -0.39 is 0 Å². The number of anilines is 1. The first-order valence-electron chi connectivity index (χ1n) is 9.03. The van der Waals surface area contributed by atoms with E-state index in [1.807, 2.05) is 23.8 Å². The molecule has 1 fully saturated rings. The second-order valence-electron chi connectivity index (χ2n) is 7.01. The molecule has 1 atom stereocenters. The number of nitrogens with one attached hydrogen (secondary N) is 1. The second-order valence-corrected chi connectivity index (χ2v) is 7.39. The van der Waals surface area contributed by atoms with Crippen LogP contribution >= 0.6 is 11.6 Å². The number of amides is 1. The Kier molecular flexibility index (Phi) is 5.76. The molecule has 1 saturated heterocycles. The molecule has 3 rings (SSSR count). The van der Waals surface area contributed by atoms with Gasteiger partial charge in [0, 0.05) is 37.4 Å². The molecule has 26 heavy (non-hydrogen) atoms. The summed E-state index contributed by atoms with van der Waals surface area (Å²) in [6.07, 6.45) is 5.39. The maximum Gasteiger partial charge on any atom is 0.243 e.